The van der Waals surface area contributed by atoms with Crippen molar-refractivity contribution < 1.29 is 9.53 Å². The SMILES string of the molecule is CCN1C(=O)CC[C@@H]2CN(Cc3cccc(Oc4ccccc4)c3)CC[C@@H]21. The highest BCUT2D eigenvalue weighted by molar-refractivity contribution is 5.77. The van der Waals surface area contributed by atoms with Crippen molar-refractivity contribution in [3.05, 3.63) is 60.2 Å². The fourth-order valence-electron chi connectivity index (χ4n) is 4.57. The molecule has 0 aliphatic carbocycles. The van der Waals surface area contributed by atoms with E-state index in [1.807, 2.05) is 36.4 Å². The second-order valence-corrected chi connectivity index (χ2v) is 7.63. The minimum absolute atomic E-state index is 0.345. The van der Waals surface area contributed by atoms with Crippen molar-refractivity contribution in [3.63, 3.8) is 0 Å². The fourth-order valence-corrected chi connectivity index (χ4v) is 4.57. The monoisotopic (exact) mass is 364 g/mol. The molecular formula is C23H28N2O2. The molecule has 4 rings (SSSR count). The number of benzene rings is 2. The zero-order chi connectivity index (χ0) is 18.6. The number of carbonyl (C=O) groups excluding carboxylic acids is 1. The summed E-state index contributed by atoms with van der Waals surface area (Å²) < 4.78 is 5.97. The van der Waals surface area contributed by atoms with Gasteiger partial charge in [-0.25, -0.2) is 0 Å². The molecule has 2 heterocycles. The van der Waals surface area contributed by atoms with Crippen LogP contribution < -0.4 is 4.74 Å². The van der Waals surface area contributed by atoms with Gasteiger partial charge in [0.15, 0.2) is 0 Å². The maximum Gasteiger partial charge on any atom is 0.222 e. The van der Waals surface area contributed by atoms with Gasteiger partial charge in [-0.3, -0.25) is 9.69 Å². The van der Waals surface area contributed by atoms with Crippen molar-refractivity contribution >= 4 is 5.91 Å². The lowest BCUT2D eigenvalue weighted by atomic mass is 9.83. The first-order chi connectivity index (χ1) is 13.2. The fraction of sp³-hybridized carbons (Fsp3) is 0.435. The van der Waals surface area contributed by atoms with Crippen LogP contribution in [0.1, 0.15) is 31.7 Å². The van der Waals surface area contributed by atoms with E-state index in [1.165, 1.54) is 5.56 Å². The molecule has 2 saturated heterocycles. The van der Waals surface area contributed by atoms with Gasteiger partial charge >= 0.3 is 0 Å². The number of fused-ring (bicyclic) bond motifs is 1. The first-order valence-electron chi connectivity index (χ1n) is 10.1. The van der Waals surface area contributed by atoms with Crippen LogP contribution in [-0.4, -0.2) is 41.4 Å². The lowest BCUT2D eigenvalue weighted by Gasteiger charge is -2.46. The molecule has 2 aromatic carbocycles. The Hall–Kier alpha value is -2.33. The van der Waals surface area contributed by atoms with Gasteiger partial charge in [0.2, 0.25) is 5.91 Å². The lowest BCUT2D eigenvalue weighted by Crippen LogP contribution is -2.55. The van der Waals surface area contributed by atoms with Crippen LogP contribution in [0.2, 0.25) is 0 Å². The second kappa shape index (κ2) is 8.13. The molecule has 0 aromatic heterocycles. The number of rotatable bonds is 5. The molecule has 2 atom stereocenters. The molecule has 4 nitrogen and oxygen atoms in total. The number of para-hydroxylation sites is 1. The minimum Gasteiger partial charge on any atom is -0.457 e. The molecule has 142 valence electrons. The van der Waals surface area contributed by atoms with E-state index in [2.05, 4.69) is 34.9 Å². The Labute approximate surface area is 161 Å². The summed E-state index contributed by atoms with van der Waals surface area (Å²) in [6.07, 6.45) is 2.83. The highest BCUT2D eigenvalue weighted by Gasteiger charge is 2.38. The van der Waals surface area contributed by atoms with Crippen molar-refractivity contribution in [2.45, 2.75) is 38.8 Å². The van der Waals surface area contributed by atoms with Gasteiger partial charge in [-0.15, -0.1) is 0 Å². The van der Waals surface area contributed by atoms with Gasteiger partial charge in [0.1, 0.15) is 11.5 Å². The summed E-state index contributed by atoms with van der Waals surface area (Å²) in [6, 6.07) is 18.7. The first kappa shape index (κ1) is 18.1. The normalized spacial score (nSPS) is 23.1. The van der Waals surface area contributed by atoms with Crippen LogP contribution in [0.15, 0.2) is 54.6 Å². The smallest absolute Gasteiger partial charge is 0.222 e. The van der Waals surface area contributed by atoms with Crippen LogP contribution >= 0.6 is 0 Å². The molecule has 0 N–H and O–H groups in total. The van der Waals surface area contributed by atoms with Crippen LogP contribution in [0.25, 0.3) is 0 Å². The Kier molecular flexibility index (Phi) is 5.44. The van der Waals surface area contributed by atoms with Gasteiger partial charge in [-0.1, -0.05) is 30.3 Å². The van der Waals surface area contributed by atoms with Crippen LogP contribution in [0.3, 0.4) is 0 Å². The Morgan fingerprint density at radius 1 is 1.04 bits per heavy atom. The number of likely N-dealkylation sites (tertiary alicyclic amines) is 2. The average molecular weight is 364 g/mol. The maximum absolute atomic E-state index is 12.1. The van der Waals surface area contributed by atoms with E-state index < -0.39 is 0 Å². The Morgan fingerprint density at radius 2 is 1.85 bits per heavy atom. The molecule has 0 unspecified atom stereocenters. The van der Waals surface area contributed by atoms with Crippen LogP contribution in [0, 0.1) is 5.92 Å². The van der Waals surface area contributed by atoms with Gasteiger partial charge in [0, 0.05) is 38.6 Å². The number of nitrogens with zero attached hydrogens (tertiary/aromatic N) is 2. The summed E-state index contributed by atoms with van der Waals surface area (Å²) in [5, 5.41) is 0. The summed E-state index contributed by atoms with van der Waals surface area (Å²) in [6.45, 7) is 6.02. The van der Waals surface area contributed by atoms with Gasteiger partial charge in [0.25, 0.3) is 0 Å². The number of hydrogen-bond donors (Lipinski definition) is 0. The molecule has 2 aliphatic rings. The van der Waals surface area contributed by atoms with Gasteiger partial charge in [0.05, 0.1) is 0 Å². The first-order valence-corrected chi connectivity index (χ1v) is 10.1. The zero-order valence-electron chi connectivity index (χ0n) is 16.0. The summed E-state index contributed by atoms with van der Waals surface area (Å²) in [4.78, 5) is 16.8. The Bertz CT molecular complexity index is 777. The number of amides is 1. The van der Waals surface area contributed by atoms with E-state index in [0.29, 0.717) is 24.3 Å². The van der Waals surface area contributed by atoms with E-state index in [0.717, 1.165) is 50.5 Å². The van der Waals surface area contributed by atoms with Crippen LogP contribution in [0.4, 0.5) is 0 Å². The molecule has 0 bridgehead atoms. The quantitative estimate of drug-likeness (QED) is 0.792. The summed E-state index contributed by atoms with van der Waals surface area (Å²) in [7, 11) is 0. The molecule has 2 aliphatic heterocycles. The zero-order valence-corrected chi connectivity index (χ0v) is 16.0. The van der Waals surface area contributed by atoms with E-state index in [9.17, 15) is 4.79 Å². The van der Waals surface area contributed by atoms with E-state index in [4.69, 9.17) is 4.74 Å². The maximum atomic E-state index is 12.1. The highest BCUT2D eigenvalue weighted by Crippen LogP contribution is 2.32. The Morgan fingerprint density at radius 3 is 2.67 bits per heavy atom. The molecule has 0 spiro atoms. The molecule has 1 amide bonds. The van der Waals surface area contributed by atoms with Gasteiger partial charge in [-0.2, -0.15) is 0 Å². The molecule has 0 saturated carbocycles. The molecule has 2 fully saturated rings. The predicted octanol–water partition coefficient (Wildman–Crippen LogP) is 4.31. The molecular weight excluding hydrogens is 336 g/mol. The summed E-state index contributed by atoms with van der Waals surface area (Å²) in [5.74, 6) is 2.70. The average Bonchev–Trinajstić information content (AvgIpc) is 2.69. The largest absolute Gasteiger partial charge is 0.457 e. The van der Waals surface area contributed by atoms with Crippen LogP contribution in [-0.2, 0) is 11.3 Å². The van der Waals surface area contributed by atoms with Crippen molar-refractivity contribution in [2.24, 2.45) is 5.92 Å². The third-order valence-corrected chi connectivity index (χ3v) is 5.85. The number of piperidine rings is 2. The molecule has 27 heavy (non-hydrogen) atoms. The third kappa shape index (κ3) is 4.16. The number of hydrogen-bond acceptors (Lipinski definition) is 3. The van der Waals surface area contributed by atoms with Crippen molar-refractivity contribution in [2.75, 3.05) is 19.6 Å². The lowest BCUT2D eigenvalue weighted by molar-refractivity contribution is -0.140. The van der Waals surface area contributed by atoms with Crippen molar-refractivity contribution in [1.82, 2.24) is 9.80 Å². The van der Waals surface area contributed by atoms with Gasteiger partial charge < -0.3 is 9.64 Å². The topological polar surface area (TPSA) is 32.8 Å². The molecule has 4 heteroatoms. The van der Waals surface area contributed by atoms with E-state index in [1.54, 1.807) is 0 Å². The predicted molar refractivity (Wildman–Crippen MR) is 107 cm³/mol. The summed E-state index contributed by atoms with van der Waals surface area (Å²) in [5.41, 5.74) is 1.28. The molecule has 0 radical (unpaired) electrons. The Balaban J connectivity index is 1.39. The van der Waals surface area contributed by atoms with Gasteiger partial charge in [-0.05, 0) is 55.5 Å². The third-order valence-electron chi connectivity index (χ3n) is 5.85. The van der Waals surface area contributed by atoms with Crippen LogP contribution in [0.5, 0.6) is 11.5 Å². The number of carbonyl (C=O) groups is 1. The standard InChI is InChI=1S/C23H28N2O2/c1-2-25-22-13-14-24(17-19(22)11-12-23(25)26)16-18-7-6-10-21(15-18)27-20-8-4-3-5-9-20/h3-10,15,19,22H,2,11-14,16-17H2,1H3/t19-,22+/m1/s1. The van der Waals surface area contributed by atoms with Crippen molar-refractivity contribution in [3.8, 4) is 11.5 Å². The summed E-state index contributed by atoms with van der Waals surface area (Å²) >= 11 is 0. The van der Waals surface area contributed by atoms with E-state index >= 15 is 0 Å². The number of ether oxygens (including phenoxy) is 1. The highest BCUT2D eigenvalue weighted by atomic mass is 16.5. The minimum atomic E-state index is 0.345. The molecule has 2 aromatic rings. The van der Waals surface area contributed by atoms with E-state index in [-0.39, 0.29) is 0 Å². The van der Waals surface area contributed by atoms with Crippen molar-refractivity contribution in [1.29, 1.82) is 0 Å². The second-order valence-electron chi connectivity index (χ2n) is 7.63.